The second-order valence-corrected chi connectivity index (χ2v) is 4.91. The van der Waals surface area contributed by atoms with Crippen LogP contribution in [0.3, 0.4) is 0 Å². The predicted octanol–water partition coefficient (Wildman–Crippen LogP) is 2.53. The molecule has 1 saturated carbocycles. The SMILES string of the molecule is COc1ccc(C2(N)CCCCC2)c(O)c1OC. The lowest BCUT2D eigenvalue weighted by molar-refractivity contribution is 0.282. The van der Waals surface area contributed by atoms with E-state index in [9.17, 15) is 5.11 Å². The van der Waals surface area contributed by atoms with Gasteiger partial charge in [-0.1, -0.05) is 19.3 Å². The Kier molecular flexibility index (Phi) is 3.66. The first-order valence-corrected chi connectivity index (χ1v) is 6.35. The average Bonchev–Trinajstić information content (AvgIpc) is 2.38. The molecule has 1 aliphatic carbocycles. The van der Waals surface area contributed by atoms with Crippen molar-refractivity contribution >= 4 is 0 Å². The van der Waals surface area contributed by atoms with Gasteiger partial charge in [0, 0.05) is 11.1 Å². The predicted molar refractivity (Wildman–Crippen MR) is 70.2 cm³/mol. The summed E-state index contributed by atoms with van der Waals surface area (Å²) in [7, 11) is 3.07. The second-order valence-electron chi connectivity index (χ2n) is 4.91. The van der Waals surface area contributed by atoms with Crippen molar-refractivity contribution in [3.8, 4) is 17.2 Å². The molecule has 0 amide bonds. The molecule has 0 atom stereocenters. The average molecular weight is 251 g/mol. The molecule has 100 valence electrons. The molecule has 2 rings (SSSR count). The van der Waals surface area contributed by atoms with E-state index in [1.807, 2.05) is 6.07 Å². The van der Waals surface area contributed by atoms with Crippen molar-refractivity contribution < 1.29 is 14.6 Å². The molecule has 0 aromatic heterocycles. The van der Waals surface area contributed by atoms with E-state index < -0.39 is 5.54 Å². The number of aromatic hydroxyl groups is 1. The lowest BCUT2D eigenvalue weighted by Crippen LogP contribution is -2.38. The van der Waals surface area contributed by atoms with Crippen molar-refractivity contribution in [2.24, 2.45) is 5.73 Å². The summed E-state index contributed by atoms with van der Waals surface area (Å²) in [5.41, 5.74) is 6.76. The van der Waals surface area contributed by atoms with E-state index in [0.29, 0.717) is 11.5 Å². The molecule has 3 N–H and O–H groups in total. The molecular weight excluding hydrogens is 230 g/mol. The van der Waals surface area contributed by atoms with Crippen LogP contribution in [0.4, 0.5) is 0 Å². The van der Waals surface area contributed by atoms with Crippen LogP contribution in [0.2, 0.25) is 0 Å². The highest BCUT2D eigenvalue weighted by molar-refractivity contribution is 5.57. The van der Waals surface area contributed by atoms with Crippen molar-refractivity contribution in [1.82, 2.24) is 0 Å². The van der Waals surface area contributed by atoms with E-state index in [4.69, 9.17) is 15.2 Å². The monoisotopic (exact) mass is 251 g/mol. The molecule has 1 aliphatic rings. The van der Waals surface area contributed by atoms with Crippen LogP contribution in [0, 0.1) is 0 Å². The summed E-state index contributed by atoms with van der Waals surface area (Å²) in [6, 6.07) is 3.65. The summed E-state index contributed by atoms with van der Waals surface area (Å²) in [4.78, 5) is 0. The third-order valence-corrected chi connectivity index (χ3v) is 3.80. The van der Waals surface area contributed by atoms with E-state index in [2.05, 4.69) is 0 Å². The van der Waals surface area contributed by atoms with Crippen molar-refractivity contribution in [2.75, 3.05) is 14.2 Å². The number of benzene rings is 1. The Balaban J connectivity index is 2.45. The Bertz CT molecular complexity index is 425. The largest absolute Gasteiger partial charge is 0.504 e. The fourth-order valence-electron chi connectivity index (χ4n) is 2.76. The van der Waals surface area contributed by atoms with E-state index >= 15 is 0 Å². The van der Waals surface area contributed by atoms with Gasteiger partial charge in [0.15, 0.2) is 11.5 Å². The normalized spacial score (nSPS) is 18.4. The zero-order valence-corrected chi connectivity index (χ0v) is 11.0. The van der Waals surface area contributed by atoms with Gasteiger partial charge in [0.05, 0.1) is 14.2 Å². The number of phenolic OH excluding ortho intramolecular Hbond substituents is 1. The molecule has 0 radical (unpaired) electrons. The van der Waals surface area contributed by atoms with Crippen LogP contribution in [0.25, 0.3) is 0 Å². The number of hydrogen-bond acceptors (Lipinski definition) is 4. The smallest absolute Gasteiger partial charge is 0.203 e. The molecule has 4 nitrogen and oxygen atoms in total. The molecule has 1 aromatic rings. The maximum Gasteiger partial charge on any atom is 0.203 e. The van der Waals surface area contributed by atoms with Crippen LogP contribution in [-0.2, 0) is 5.54 Å². The van der Waals surface area contributed by atoms with Gasteiger partial charge in [0.25, 0.3) is 0 Å². The summed E-state index contributed by atoms with van der Waals surface area (Å²) in [5, 5.41) is 10.3. The van der Waals surface area contributed by atoms with Crippen LogP contribution < -0.4 is 15.2 Å². The zero-order chi connectivity index (χ0) is 13.2. The maximum absolute atomic E-state index is 10.3. The number of phenols is 1. The zero-order valence-electron chi connectivity index (χ0n) is 11.0. The maximum atomic E-state index is 10.3. The van der Waals surface area contributed by atoms with E-state index in [1.54, 1.807) is 13.2 Å². The van der Waals surface area contributed by atoms with Crippen molar-refractivity contribution in [3.05, 3.63) is 17.7 Å². The van der Waals surface area contributed by atoms with Gasteiger partial charge >= 0.3 is 0 Å². The van der Waals surface area contributed by atoms with Crippen LogP contribution in [-0.4, -0.2) is 19.3 Å². The lowest BCUT2D eigenvalue weighted by Gasteiger charge is -2.34. The Morgan fingerprint density at radius 2 is 1.78 bits per heavy atom. The fraction of sp³-hybridized carbons (Fsp3) is 0.571. The highest BCUT2D eigenvalue weighted by Gasteiger charge is 2.33. The van der Waals surface area contributed by atoms with Crippen LogP contribution in [0.1, 0.15) is 37.7 Å². The number of ether oxygens (including phenoxy) is 2. The number of methoxy groups -OCH3 is 2. The molecule has 0 saturated heterocycles. The molecule has 0 bridgehead atoms. The summed E-state index contributed by atoms with van der Waals surface area (Å²) < 4.78 is 10.4. The third kappa shape index (κ3) is 2.12. The second kappa shape index (κ2) is 5.06. The van der Waals surface area contributed by atoms with Gasteiger partial charge in [-0.15, -0.1) is 0 Å². The molecule has 18 heavy (non-hydrogen) atoms. The number of rotatable bonds is 3. The van der Waals surface area contributed by atoms with Gasteiger partial charge in [0.2, 0.25) is 5.75 Å². The van der Waals surface area contributed by atoms with Gasteiger partial charge in [-0.3, -0.25) is 0 Å². The molecule has 0 spiro atoms. The van der Waals surface area contributed by atoms with Crippen molar-refractivity contribution in [3.63, 3.8) is 0 Å². The molecule has 0 aliphatic heterocycles. The Morgan fingerprint density at radius 1 is 1.11 bits per heavy atom. The number of hydrogen-bond donors (Lipinski definition) is 2. The van der Waals surface area contributed by atoms with Gasteiger partial charge < -0.3 is 20.3 Å². The van der Waals surface area contributed by atoms with Crippen LogP contribution in [0.15, 0.2) is 12.1 Å². The molecule has 1 aromatic carbocycles. The first-order valence-electron chi connectivity index (χ1n) is 6.35. The fourth-order valence-corrected chi connectivity index (χ4v) is 2.76. The highest BCUT2D eigenvalue weighted by Crippen LogP contribution is 2.46. The quantitative estimate of drug-likeness (QED) is 0.866. The molecule has 4 heteroatoms. The van der Waals surface area contributed by atoms with Crippen molar-refractivity contribution in [2.45, 2.75) is 37.6 Å². The minimum absolute atomic E-state index is 0.112. The molecule has 0 heterocycles. The van der Waals surface area contributed by atoms with Gasteiger partial charge in [-0.25, -0.2) is 0 Å². The minimum atomic E-state index is -0.443. The summed E-state index contributed by atoms with van der Waals surface area (Å²) in [5.74, 6) is 1.00. The van der Waals surface area contributed by atoms with Crippen LogP contribution in [0.5, 0.6) is 17.2 Å². The third-order valence-electron chi connectivity index (χ3n) is 3.80. The van der Waals surface area contributed by atoms with E-state index in [0.717, 1.165) is 31.2 Å². The molecule has 1 fully saturated rings. The molecule has 0 unspecified atom stereocenters. The summed E-state index contributed by atoms with van der Waals surface area (Å²) in [6.45, 7) is 0. The molecular formula is C14H21NO3. The summed E-state index contributed by atoms with van der Waals surface area (Å²) >= 11 is 0. The Morgan fingerprint density at radius 3 is 2.33 bits per heavy atom. The van der Waals surface area contributed by atoms with Gasteiger partial charge in [0.1, 0.15) is 0 Å². The number of nitrogens with two attached hydrogens (primary N) is 1. The summed E-state index contributed by atoms with van der Waals surface area (Å²) in [6.07, 6.45) is 5.22. The first kappa shape index (κ1) is 13.0. The Hall–Kier alpha value is -1.42. The minimum Gasteiger partial charge on any atom is -0.504 e. The standard InChI is InChI=1S/C14H21NO3/c1-17-11-7-6-10(12(16)13(11)18-2)14(15)8-4-3-5-9-14/h6-7,16H,3-5,8-9,15H2,1-2H3. The van der Waals surface area contributed by atoms with Gasteiger partial charge in [-0.2, -0.15) is 0 Å². The van der Waals surface area contributed by atoms with Crippen LogP contribution >= 0.6 is 0 Å². The lowest BCUT2D eigenvalue weighted by atomic mass is 9.77. The Labute approximate surface area is 108 Å². The first-order chi connectivity index (χ1) is 8.62. The van der Waals surface area contributed by atoms with E-state index in [-0.39, 0.29) is 5.75 Å². The van der Waals surface area contributed by atoms with Gasteiger partial charge in [-0.05, 0) is 25.0 Å². The van der Waals surface area contributed by atoms with Crippen molar-refractivity contribution in [1.29, 1.82) is 0 Å². The topological polar surface area (TPSA) is 64.7 Å². The van der Waals surface area contributed by atoms with E-state index in [1.165, 1.54) is 13.5 Å². The highest BCUT2D eigenvalue weighted by atomic mass is 16.5.